The van der Waals surface area contributed by atoms with E-state index in [2.05, 4.69) is 0 Å². The van der Waals surface area contributed by atoms with Gasteiger partial charge in [-0.1, -0.05) is 12.1 Å². The van der Waals surface area contributed by atoms with Crippen LogP contribution in [0.4, 0.5) is 0 Å². The fourth-order valence-electron chi connectivity index (χ4n) is 1.13. The maximum absolute atomic E-state index is 11.6. The van der Waals surface area contributed by atoms with Crippen LogP contribution in [-0.2, 0) is 20.7 Å². The summed E-state index contributed by atoms with van der Waals surface area (Å²) < 4.78 is 19.0. The maximum Gasteiger partial charge on any atom is 0.316 e. The average Bonchev–Trinajstić information content (AvgIpc) is 2.27. The molecule has 0 aromatic heterocycles. The highest BCUT2D eigenvalue weighted by molar-refractivity contribution is 7.30. The molecule has 0 saturated heterocycles. The number of rotatable bonds is 3. The Bertz CT molecular complexity index is 448. The zero-order chi connectivity index (χ0) is 15.8. The number of hydrogen-bond donors (Lipinski definition) is 2. The second-order valence-electron chi connectivity index (χ2n) is 5.00. The number of methoxy groups -OCH3 is 1. The third-order valence-corrected chi connectivity index (χ3v) is 2.03. The molecule has 1 aromatic carbocycles. The first-order valence-corrected chi connectivity index (χ1v) is 7.19. The largest absolute Gasteiger partial charge is 0.426 e. The molecule has 0 radical (unpaired) electrons. The summed E-state index contributed by atoms with van der Waals surface area (Å²) in [7, 11) is -1.50. The molecule has 20 heavy (non-hydrogen) atoms. The van der Waals surface area contributed by atoms with Crippen molar-refractivity contribution in [2.75, 3.05) is 7.11 Å². The highest BCUT2D eigenvalue weighted by Gasteiger charge is 2.23. The van der Waals surface area contributed by atoms with E-state index >= 15 is 0 Å². The minimum absolute atomic E-state index is 0.234. The van der Waals surface area contributed by atoms with Crippen LogP contribution in [0.15, 0.2) is 24.3 Å². The summed E-state index contributed by atoms with van der Waals surface area (Å²) in [6, 6.07) is 7.35. The number of carbonyl (C=O) groups excluding carboxylic acids is 1. The summed E-state index contributed by atoms with van der Waals surface area (Å²) in [5.74, 6) is 0.330. The lowest BCUT2D eigenvalue weighted by Crippen LogP contribution is -2.25. The Balaban J connectivity index is 0.000000796. The molecule has 0 aliphatic heterocycles. The fraction of sp³-hybridized carbons (Fsp3) is 0.462. The van der Waals surface area contributed by atoms with Crippen LogP contribution in [0, 0.1) is 5.41 Å². The molecular weight excluding hydrogens is 283 g/mol. The lowest BCUT2D eigenvalue weighted by Gasteiger charge is -2.16. The molecular formula is C13H21O6P. The molecule has 2 N–H and O–H groups in total. The van der Waals surface area contributed by atoms with Gasteiger partial charge in [0, 0.05) is 7.11 Å². The monoisotopic (exact) mass is 304 g/mol. The molecule has 0 aliphatic carbocycles. The van der Waals surface area contributed by atoms with Gasteiger partial charge < -0.3 is 19.3 Å². The highest BCUT2D eigenvalue weighted by Crippen LogP contribution is 2.20. The molecule has 0 fully saturated rings. The molecule has 1 aromatic rings. The van der Waals surface area contributed by atoms with Gasteiger partial charge in [-0.2, -0.15) is 0 Å². The van der Waals surface area contributed by atoms with E-state index in [4.69, 9.17) is 23.8 Å². The molecule has 0 unspecified atom stereocenters. The Morgan fingerprint density at radius 3 is 2.30 bits per heavy atom. The zero-order valence-corrected chi connectivity index (χ0v) is 13.0. The summed E-state index contributed by atoms with van der Waals surface area (Å²) >= 11 is 0. The van der Waals surface area contributed by atoms with Crippen molar-refractivity contribution >= 4 is 14.2 Å². The van der Waals surface area contributed by atoms with Gasteiger partial charge in [0.05, 0.1) is 12.0 Å². The summed E-state index contributed by atoms with van der Waals surface area (Å²) in [6.45, 7) is 6.00. The van der Waals surface area contributed by atoms with Crippen molar-refractivity contribution in [2.45, 2.75) is 27.4 Å². The van der Waals surface area contributed by atoms with Gasteiger partial charge in [-0.15, -0.1) is 0 Å². The number of esters is 1. The summed E-state index contributed by atoms with van der Waals surface area (Å²) in [5.41, 5.74) is 0.499. The van der Waals surface area contributed by atoms with E-state index in [1.54, 1.807) is 13.2 Å². The van der Waals surface area contributed by atoms with Crippen LogP contribution in [0.3, 0.4) is 0 Å². The van der Waals surface area contributed by atoms with Gasteiger partial charge in [0.25, 0.3) is 0 Å². The number of carbonyl (C=O) groups is 1. The standard InChI is InChI=1S/C13H18O3.H3O3P/c1-13(2,3)12(14)16-11-7-5-6-10(8-11)9-15-4;1-4(2)3/h5-8H,9H2,1-4H3;4H,(H2,1,2,3). The third-order valence-electron chi connectivity index (χ3n) is 2.03. The van der Waals surface area contributed by atoms with Crippen molar-refractivity contribution in [1.82, 2.24) is 0 Å². The molecule has 1 rings (SSSR count). The molecule has 7 heteroatoms. The maximum atomic E-state index is 11.6. The van der Waals surface area contributed by atoms with Gasteiger partial charge in [0.15, 0.2) is 0 Å². The summed E-state index contributed by atoms with van der Waals surface area (Å²) in [5, 5.41) is 0. The van der Waals surface area contributed by atoms with Gasteiger partial charge in [0.1, 0.15) is 5.75 Å². The van der Waals surface area contributed by atoms with E-state index in [0.717, 1.165) is 5.56 Å². The van der Waals surface area contributed by atoms with Crippen LogP contribution in [0.1, 0.15) is 26.3 Å². The lowest BCUT2D eigenvalue weighted by atomic mass is 9.97. The van der Waals surface area contributed by atoms with Crippen molar-refractivity contribution in [3.05, 3.63) is 29.8 Å². The SMILES string of the molecule is COCc1cccc(OC(=O)C(C)(C)C)c1.O=[PH](O)O. The fourth-order valence-corrected chi connectivity index (χ4v) is 1.13. The molecule has 114 valence electrons. The molecule has 0 heterocycles. The molecule has 0 atom stereocenters. The number of hydrogen-bond acceptors (Lipinski definition) is 4. The third kappa shape index (κ3) is 8.82. The van der Waals surface area contributed by atoms with Crippen LogP contribution in [0.5, 0.6) is 5.75 Å². The van der Waals surface area contributed by atoms with Crippen molar-refractivity contribution in [2.24, 2.45) is 5.41 Å². The normalized spacial score (nSPS) is 10.8. The summed E-state index contributed by atoms with van der Waals surface area (Å²) in [6.07, 6.45) is 0. The average molecular weight is 304 g/mol. The van der Waals surface area contributed by atoms with Crippen molar-refractivity contribution in [3.63, 3.8) is 0 Å². The van der Waals surface area contributed by atoms with Gasteiger partial charge in [-0.25, -0.2) is 0 Å². The quantitative estimate of drug-likeness (QED) is 0.505. The Labute approximate surface area is 119 Å². The second kappa shape index (κ2) is 8.87. The van der Waals surface area contributed by atoms with Crippen LogP contribution < -0.4 is 4.74 Å². The lowest BCUT2D eigenvalue weighted by molar-refractivity contribution is -0.143. The predicted molar refractivity (Wildman–Crippen MR) is 75.7 cm³/mol. The molecule has 6 nitrogen and oxygen atoms in total. The minimum atomic E-state index is -3.13. The Morgan fingerprint density at radius 2 is 1.85 bits per heavy atom. The molecule has 0 spiro atoms. The van der Waals surface area contributed by atoms with E-state index in [1.165, 1.54) is 0 Å². The van der Waals surface area contributed by atoms with Gasteiger partial charge in [-0.05, 0) is 38.5 Å². The highest BCUT2D eigenvalue weighted by atomic mass is 31.1. The Kier molecular flexibility index (Phi) is 8.34. The molecule has 0 saturated carbocycles. The first-order valence-electron chi connectivity index (χ1n) is 5.89. The number of ether oxygens (including phenoxy) is 2. The van der Waals surface area contributed by atoms with E-state index in [1.807, 2.05) is 39.0 Å². The van der Waals surface area contributed by atoms with E-state index in [9.17, 15) is 4.79 Å². The summed E-state index contributed by atoms with van der Waals surface area (Å²) in [4.78, 5) is 26.0. The first kappa shape index (κ1) is 18.8. The van der Waals surface area contributed by atoms with Crippen LogP contribution in [0.25, 0.3) is 0 Å². The van der Waals surface area contributed by atoms with E-state index in [-0.39, 0.29) is 5.97 Å². The van der Waals surface area contributed by atoms with Crippen molar-refractivity contribution in [1.29, 1.82) is 0 Å². The Morgan fingerprint density at radius 1 is 1.30 bits per heavy atom. The molecule has 0 amide bonds. The van der Waals surface area contributed by atoms with Crippen LogP contribution >= 0.6 is 8.25 Å². The van der Waals surface area contributed by atoms with Crippen molar-refractivity contribution in [3.8, 4) is 5.75 Å². The van der Waals surface area contributed by atoms with Gasteiger partial charge in [0.2, 0.25) is 0 Å². The first-order chi connectivity index (χ1) is 9.16. The minimum Gasteiger partial charge on any atom is -0.426 e. The molecule has 0 aliphatic rings. The van der Waals surface area contributed by atoms with E-state index in [0.29, 0.717) is 12.4 Å². The topological polar surface area (TPSA) is 93.1 Å². The second-order valence-corrected chi connectivity index (χ2v) is 5.57. The molecule has 0 bridgehead atoms. The van der Waals surface area contributed by atoms with Gasteiger partial charge in [-0.3, -0.25) is 9.36 Å². The smallest absolute Gasteiger partial charge is 0.316 e. The predicted octanol–water partition coefficient (Wildman–Crippen LogP) is 2.15. The van der Waals surface area contributed by atoms with Crippen LogP contribution in [0.2, 0.25) is 0 Å². The van der Waals surface area contributed by atoms with Gasteiger partial charge >= 0.3 is 14.2 Å². The zero-order valence-electron chi connectivity index (χ0n) is 12.0. The Hall–Kier alpha value is -1.20. The van der Waals surface area contributed by atoms with Crippen LogP contribution in [-0.4, -0.2) is 22.9 Å². The number of benzene rings is 1. The van der Waals surface area contributed by atoms with E-state index < -0.39 is 13.7 Å². The van der Waals surface area contributed by atoms with Crippen molar-refractivity contribution < 1.29 is 28.6 Å².